The summed E-state index contributed by atoms with van der Waals surface area (Å²) in [5.41, 5.74) is 2.40. The van der Waals surface area contributed by atoms with Gasteiger partial charge in [0.25, 0.3) is 0 Å². The molecule has 4 aliphatic rings. The molecule has 1 fully saturated rings. The lowest BCUT2D eigenvalue weighted by Crippen LogP contribution is -2.49. The Labute approximate surface area is 259 Å². The molecule has 0 aromatic heterocycles. The quantitative estimate of drug-likeness (QED) is 0.208. The van der Waals surface area contributed by atoms with Crippen LogP contribution in [0.25, 0.3) is 6.08 Å². The third-order valence-electron chi connectivity index (χ3n) is 9.27. The smallest absolute Gasteiger partial charge is 0.238 e. The van der Waals surface area contributed by atoms with E-state index in [2.05, 4.69) is 11.9 Å². The number of nitrogens with one attached hydrogen (secondary N) is 1. The fourth-order valence-electron chi connectivity index (χ4n) is 7.46. The molecule has 8 heteroatoms. The number of hydrogen-bond donors (Lipinski definition) is 1. The van der Waals surface area contributed by atoms with Crippen molar-refractivity contribution in [3.63, 3.8) is 0 Å². The first-order chi connectivity index (χ1) is 22.0. The molecule has 4 aliphatic heterocycles. The molecule has 8 rings (SSSR count). The maximum atomic E-state index is 15.1. The number of benzene rings is 4. The van der Waals surface area contributed by atoms with E-state index in [0.717, 1.165) is 11.1 Å². The molecule has 0 radical (unpaired) electrons. The summed E-state index contributed by atoms with van der Waals surface area (Å²) < 4.78 is 16.9. The topological polar surface area (TPSA) is 94.2 Å². The molecule has 0 aliphatic carbocycles. The van der Waals surface area contributed by atoms with Gasteiger partial charge in [-0.25, -0.2) is 0 Å². The zero-order valence-electron chi connectivity index (χ0n) is 24.1. The van der Waals surface area contributed by atoms with Gasteiger partial charge in [-0.15, -0.1) is 0 Å². The van der Waals surface area contributed by atoms with Crippen LogP contribution in [0.3, 0.4) is 0 Å². The normalized spacial score (nSPS) is 23.2. The van der Waals surface area contributed by atoms with Gasteiger partial charge in [0.1, 0.15) is 23.8 Å². The number of amides is 1. The fraction of sp³-hybridized carbons (Fsp3) is 0.162. The summed E-state index contributed by atoms with van der Waals surface area (Å²) in [6, 6.07) is 25.5. The van der Waals surface area contributed by atoms with E-state index in [-0.39, 0.29) is 30.9 Å². The molecule has 222 valence electrons. The molecule has 45 heavy (non-hydrogen) atoms. The van der Waals surface area contributed by atoms with Crippen molar-refractivity contribution in [3.05, 3.63) is 138 Å². The second-order valence-corrected chi connectivity index (χ2v) is 11.5. The van der Waals surface area contributed by atoms with Gasteiger partial charge in [-0.3, -0.25) is 14.4 Å². The maximum Gasteiger partial charge on any atom is 0.238 e. The van der Waals surface area contributed by atoms with E-state index in [0.29, 0.717) is 39.6 Å². The van der Waals surface area contributed by atoms with Gasteiger partial charge in [-0.05, 0) is 59.2 Å². The highest BCUT2D eigenvalue weighted by molar-refractivity contribution is 6.16. The van der Waals surface area contributed by atoms with Crippen molar-refractivity contribution < 1.29 is 28.6 Å². The minimum Gasteiger partial charge on any atom is -0.490 e. The Balaban J connectivity index is 1.38. The monoisotopic (exact) mass is 596 g/mol. The maximum absolute atomic E-state index is 15.1. The van der Waals surface area contributed by atoms with Crippen LogP contribution >= 0.6 is 0 Å². The van der Waals surface area contributed by atoms with Crippen LogP contribution in [-0.4, -0.2) is 41.8 Å². The van der Waals surface area contributed by atoms with Crippen molar-refractivity contribution >= 4 is 29.2 Å². The van der Waals surface area contributed by atoms with Gasteiger partial charge in [0.2, 0.25) is 12.7 Å². The highest BCUT2D eigenvalue weighted by Crippen LogP contribution is 2.62. The van der Waals surface area contributed by atoms with Crippen LogP contribution in [0, 0.1) is 5.92 Å². The average Bonchev–Trinajstić information content (AvgIpc) is 3.76. The van der Waals surface area contributed by atoms with E-state index in [4.69, 9.17) is 14.2 Å². The van der Waals surface area contributed by atoms with Gasteiger partial charge < -0.3 is 24.4 Å². The fourth-order valence-corrected chi connectivity index (χ4v) is 7.46. The lowest BCUT2D eigenvalue weighted by atomic mass is 9.62. The van der Waals surface area contributed by atoms with E-state index < -0.39 is 23.4 Å². The lowest BCUT2D eigenvalue weighted by molar-refractivity contribution is -0.122. The number of para-hydroxylation sites is 1. The number of nitrogens with zero attached hydrogens (tertiary/aromatic N) is 1. The molecule has 4 atom stereocenters. The van der Waals surface area contributed by atoms with E-state index in [1.807, 2.05) is 65.7 Å². The number of anilines is 1. The Kier molecular flexibility index (Phi) is 6.13. The van der Waals surface area contributed by atoms with Crippen LogP contribution in [0.2, 0.25) is 0 Å². The number of rotatable bonds is 7. The number of ketones is 2. The summed E-state index contributed by atoms with van der Waals surface area (Å²) in [5, 5.41) is 3.08. The predicted octanol–water partition coefficient (Wildman–Crippen LogP) is 5.96. The first kappa shape index (κ1) is 27.0. The molecule has 0 saturated carbocycles. The molecular weight excluding hydrogens is 568 g/mol. The SMILES string of the molecule is C=CCOc1cccc(C(=O)[C@H]2[C@H](C(=O)c3ccc4c(c3)OCO4)N3C=Cc4ccccc4[C@@H]3[C@]23C(=O)Nc2ccccc23)c1. The van der Waals surface area contributed by atoms with Crippen LogP contribution in [0.15, 0.2) is 110 Å². The highest BCUT2D eigenvalue weighted by atomic mass is 16.7. The van der Waals surface area contributed by atoms with Crippen molar-refractivity contribution in [1.29, 1.82) is 0 Å². The third kappa shape index (κ3) is 3.88. The molecule has 4 aromatic carbocycles. The zero-order chi connectivity index (χ0) is 30.7. The molecule has 0 bridgehead atoms. The Morgan fingerprint density at radius 3 is 2.62 bits per heavy atom. The number of carbonyl (C=O) groups is 3. The van der Waals surface area contributed by atoms with Gasteiger partial charge in [0.05, 0.1) is 12.0 Å². The summed E-state index contributed by atoms with van der Waals surface area (Å²) >= 11 is 0. The molecule has 0 unspecified atom stereocenters. The molecule has 8 nitrogen and oxygen atoms in total. The number of Topliss-reactive ketones (excluding diaryl/α,β-unsaturated/α-hetero) is 2. The zero-order valence-corrected chi connectivity index (χ0v) is 24.1. The molecule has 1 spiro atoms. The highest BCUT2D eigenvalue weighted by Gasteiger charge is 2.70. The average molecular weight is 597 g/mol. The van der Waals surface area contributed by atoms with Crippen molar-refractivity contribution in [2.75, 3.05) is 18.7 Å². The minimum absolute atomic E-state index is 0.0650. The number of hydrogen-bond acceptors (Lipinski definition) is 7. The first-order valence-electron chi connectivity index (χ1n) is 14.8. The van der Waals surface area contributed by atoms with Gasteiger partial charge in [0.15, 0.2) is 23.1 Å². The Bertz CT molecular complexity index is 1950. The van der Waals surface area contributed by atoms with Crippen LogP contribution in [0.4, 0.5) is 5.69 Å². The van der Waals surface area contributed by atoms with E-state index >= 15 is 4.79 Å². The molecule has 4 aromatic rings. The predicted molar refractivity (Wildman–Crippen MR) is 167 cm³/mol. The number of ether oxygens (including phenoxy) is 3. The van der Waals surface area contributed by atoms with Gasteiger partial charge in [-0.2, -0.15) is 0 Å². The standard InChI is InChI=1S/C37H28N2O6/c1-2-18-43-25-10-7-9-23(19-25)33(40)31-32(34(41)24-14-15-29-30(20-24)45-21-44-29)39-17-16-22-8-3-4-11-26(22)35(39)37(31)27-12-5-6-13-28(27)38-36(37)42/h2-17,19-20,31-32,35H,1,18,21H2,(H,38,42)/t31-,32-,35-,37-/m1/s1. The molecule has 1 saturated heterocycles. The van der Waals surface area contributed by atoms with Crippen LogP contribution in [0.5, 0.6) is 17.2 Å². The van der Waals surface area contributed by atoms with Crippen molar-refractivity contribution in [1.82, 2.24) is 4.90 Å². The van der Waals surface area contributed by atoms with Crippen molar-refractivity contribution in [2.24, 2.45) is 5.92 Å². The summed E-state index contributed by atoms with van der Waals surface area (Å²) in [5.74, 6) is -0.544. The summed E-state index contributed by atoms with van der Waals surface area (Å²) in [4.78, 5) is 46.5. The third-order valence-corrected chi connectivity index (χ3v) is 9.27. The summed E-state index contributed by atoms with van der Waals surface area (Å²) in [6.45, 7) is 4.04. The Morgan fingerprint density at radius 2 is 1.73 bits per heavy atom. The van der Waals surface area contributed by atoms with E-state index in [9.17, 15) is 9.59 Å². The van der Waals surface area contributed by atoms with Crippen molar-refractivity contribution in [2.45, 2.75) is 17.5 Å². The Morgan fingerprint density at radius 1 is 0.933 bits per heavy atom. The second-order valence-electron chi connectivity index (χ2n) is 11.5. The second kappa shape index (κ2) is 10.2. The summed E-state index contributed by atoms with van der Waals surface area (Å²) in [7, 11) is 0. The number of fused-ring (bicyclic) bond motifs is 7. The van der Waals surface area contributed by atoms with Crippen LogP contribution in [0.1, 0.15) is 43.4 Å². The minimum atomic E-state index is -1.43. The molecule has 1 N–H and O–H groups in total. The van der Waals surface area contributed by atoms with Gasteiger partial charge in [0, 0.05) is 23.0 Å². The van der Waals surface area contributed by atoms with E-state index in [1.54, 1.807) is 48.5 Å². The first-order valence-corrected chi connectivity index (χ1v) is 14.8. The molecule has 4 heterocycles. The van der Waals surface area contributed by atoms with Gasteiger partial charge in [-0.1, -0.05) is 67.3 Å². The van der Waals surface area contributed by atoms with Crippen LogP contribution < -0.4 is 19.5 Å². The van der Waals surface area contributed by atoms with E-state index in [1.165, 1.54) is 0 Å². The largest absolute Gasteiger partial charge is 0.490 e. The van der Waals surface area contributed by atoms with Crippen LogP contribution in [-0.2, 0) is 10.2 Å². The number of carbonyl (C=O) groups excluding carboxylic acids is 3. The van der Waals surface area contributed by atoms with Gasteiger partial charge >= 0.3 is 0 Å². The molecule has 1 amide bonds. The molecular formula is C37H28N2O6. The Hall–Kier alpha value is -5.63. The lowest BCUT2D eigenvalue weighted by Gasteiger charge is -2.38. The van der Waals surface area contributed by atoms with Crippen molar-refractivity contribution in [3.8, 4) is 17.2 Å². The summed E-state index contributed by atoms with van der Waals surface area (Å²) in [6.07, 6.45) is 5.42.